The number of rotatable bonds is 1. The minimum Gasteiger partial charge on any atom is -0.392 e. The summed E-state index contributed by atoms with van der Waals surface area (Å²) in [6, 6.07) is 2.75. The van der Waals surface area contributed by atoms with E-state index >= 15 is 0 Å². The van der Waals surface area contributed by atoms with Crippen molar-refractivity contribution in [3.63, 3.8) is 0 Å². The van der Waals surface area contributed by atoms with Crippen molar-refractivity contribution >= 4 is 5.71 Å². The van der Waals surface area contributed by atoms with Crippen LogP contribution in [0.1, 0.15) is 49.7 Å². The summed E-state index contributed by atoms with van der Waals surface area (Å²) in [5.41, 5.74) is -0.709. The fourth-order valence-electron chi connectivity index (χ4n) is 3.30. The molecule has 0 saturated heterocycles. The first kappa shape index (κ1) is 15.3. The van der Waals surface area contributed by atoms with Crippen molar-refractivity contribution in [1.82, 2.24) is 0 Å². The molecule has 1 heterocycles. The lowest BCUT2D eigenvalue weighted by Gasteiger charge is -2.22. The molecule has 1 aromatic carbocycles. The molecule has 0 bridgehead atoms. The first-order valence-electron chi connectivity index (χ1n) is 7.57. The van der Waals surface area contributed by atoms with E-state index in [9.17, 15) is 17.6 Å². The van der Waals surface area contributed by atoms with Crippen molar-refractivity contribution < 1.29 is 22.4 Å². The molecule has 2 aliphatic rings. The van der Waals surface area contributed by atoms with Crippen LogP contribution >= 0.6 is 0 Å². The Morgan fingerprint density at radius 2 is 1.77 bits per heavy atom. The smallest absolute Gasteiger partial charge is 0.392 e. The fourth-order valence-corrected chi connectivity index (χ4v) is 3.30. The third kappa shape index (κ3) is 2.96. The van der Waals surface area contributed by atoms with Crippen LogP contribution in [0.15, 0.2) is 23.4 Å². The van der Waals surface area contributed by atoms with E-state index in [4.69, 9.17) is 4.84 Å². The highest BCUT2D eigenvalue weighted by molar-refractivity contribution is 6.04. The lowest BCUT2D eigenvalue weighted by molar-refractivity contribution is -0.137. The molecule has 2 nitrogen and oxygen atoms in total. The molecule has 0 radical (unpaired) electrons. The fraction of sp³-hybridized carbons (Fsp3) is 0.562. The summed E-state index contributed by atoms with van der Waals surface area (Å²) >= 11 is 0. The lowest BCUT2D eigenvalue weighted by atomic mass is 9.82. The average molecular weight is 315 g/mol. The van der Waals surface area contributed by atoms with E-state index in [2.05, 4.69) is 5.16 Å². The molecule has 3 rings (SSSR count). The minimum absolute atomic E-state index is 0.0537. The summed E-state index contributed by atoms with van der Waals surface area (Å²) in [6.45, 7) is 0. The highest BCUT2D eigenvalue weighted by atomic mass is 19.4. The Balaban J connectivity index is 1.97. The highest BCUT2D eigenvalue weighted by Gasteiger charge is 2.41. The third-order valence-corrected chi connectivity index (χ3v) is 4.40. The van der Waals surface area contributed by atoms with Gasteiger partial charge in [0.2, 0.25) is 0 Å². The Morgan fingerprint density at radius 1 is 1.05 bits per heavy atom. The van der Waals surface area contributed by atoms with Gasteiger partial charge in [-0.25, -0.2) is 4.39 Å². The number of halogens is 4. The Labute approximate surface area is 126 Å². The zero-order valence-electron chi connectivity index (χ0n) is 12.0. The van der Waals surface area contributed by atoms with E-state index in [1.54, 1.807) is 0 Å². The molecule has 0 amide bonds. The van der Waals surface area contributed by atoms with Crippen molar-refractivity contribution in [2.75, 3.05) is 0 Å². The van der Waals surface area contributed by atoms with Gasteiger partial charge >= 0.3 is 6.18 Å². The van der Waals surface area contributed by atoms with Gasteiger partial charge in [-0.2, -0.15) is 13.2 Å². The first-order chi connectivity index (χ1) is 10.5. The van der Waals surface area contributed by atoms with Gasteiger partial charge in [-0.15, -0.1) is 0 Å². The first-order valence-corrected chi connectivity index (χ1v) is 7.57. The summed E-state index contributed by atoms with van der Waals surface area (Å²) in [7, 11) is 0. The predicted molar refractivity (Wildman–Crippen MR) is 74.0 cm³/mol. The van der Waals surface area contributed by atoms with Crippen LogP contribution in [0.3, 0.4) is 0 Å². The van der Waals surface area contributed by atoms with Gasteiger partial charge < -0.3 is 4.84 Å². The van der Waals surface area contributed by atoms with Crippen molar-refractivity contribution in [2.24, 2.45) is 11.1 Å². The molecule has 1 saturated carbocycles. The summed E-state index contributed by atoms with van der Waals surface area (Å²) in [4.78, 5) is 5.38. The zero-order valence-corrected chi connectivity index (χ0v) is 12.0. The second-order valence-corrected chi connectivity index (χ2v) is 5.91. The Morgan fingerprint density at radius 3 is 2.50 bits per heavy atom. The van der Waals surface area contributed by atoms with Crippen molar-refractivity contribution in [3.8, 4) is 0 Å². The van der Waals surface area contributed by atoms with E-state index in [0.717, 1.165) is 44.6 Å². The van der Waals surface area contributed by atoms with Gasteiger partial charge in [-0.1, -0.05) is 24.4 Å². The van der Waals surface area contributed by atoms with Crippen LogP contribution in [-0.4, -0.2) is 11.8 Å². The highest BCUT2D eigenvalue weighted by Crippen LogP contribution is 2.38. The maximum absolute atomic E-state index is 13.2. The molecule has 0 spiro atoms. The molecule has 0 aromatic heterocycles. The topological polar surface area (TPSA) is 21.6 Å². The summed E-state index contributed by atoms with van der Waals surface area (Å²) < 4.78 is 52.8. The Bertz CT molecular complexity index is 582. The van der Waals surface area contributed by atoms with Gasteiger partial charge in [0.1, 0.15) is 11.9 Å². The molecule has 1 aromatic rings. The van der Waals surface area contributed by atoms with Gasteiger partial charge in [0.15, 0.2) is 0 Å². The van der Waals surface area contributed by atoms with Crippen molar-refractivity contribution in [2.45, 2.75) is 50.8 Å². The van der Waals surface area contributed by atoms with Gasteiger partial charge in [-0.05, 0) is 37.5 Å². The van der Waals surface area contributed by atoms with E-state index in [1.807, 2.05) is 0 Å². The van der Waals surface area contributed by atoms with Crippen LogP contribution in [0.5, 0.6) is 0 Å². The van der Waals surface area contributed by atoms with E-state index in [1.165, 1.54) is 6.07 Å². The Hall–Kier alpha value is -1.59. The maximum atomic E-state index is 13.2. The number of hydrogen-bond donors (Lipinski definition) is 0. The van der Waals surface area contributed by atoms with Gasteiger partial charge in [0.25, 0.3) is 0 Å². The summed E-state index contributed by atoms with van der Waals surface area (Å²) in [5.74, 6) is -1.03. The lowest BCUT2D eigenvalue weighted by Crippen LogP contribution is -2.27. The van der Waals surface area contributed by atoms with Gasteiger partial charge in [0, 0.05) is 11.5 Å². The van der Waals surface area contributed by atoms with Crippen molar-refractivity contribution in [1.29, 1.82) is 0 Å². The summed E-state index contributed by atoms with van der Waals surface area (Å²) in [5, 5.41) is 3.93. The number of oxime groups is 1. The van der Waals surface area contributed by atoms with E-state index < -0.39 is 17.6 Å². The monoisotopic (exact) mass is 315 g/mol. The molecule has 22 heavy (non-hydrogen) atoms. The van der Waals surface area contributed by atoms with Crippen LogP contribution in [-0.2, 0) is 11.0 Å². The van der Waals surface area contributed by atoms with Crippen LogP contribution in [0, 0.1) is 11.7 Å². The number of hydrogen-bond acceptors (Lipinski definition) is 2. The normalized spacial score (nSPS) is 25.7. The molecule has 0 N–H and O–H groups in total. The number of alkyl halides is 3. The molecule has 2 atom stereocenters. The van der Waals surface area contributed by atoms with E-state index in [-0.39, 0.29) is 17.6 Å². The summed E-state index contributed by atoms with van der Waals surface area (Å²) in [6.07, 6.45) is 0.948. The average Bonchev–Trinajstić information content (AvgIpc) is 2.79. The van der Waals surface area contributed by atoms with Gasteiger partial charge in [-0.3, -0.25) is 0 Å². The molecule has 1 fully saturated rings. The standard InChI is InChI=1S/C16H17F4NO/c17-10-7-8-11(13(9-10)16(18,19)20)15-12-5-3-1-2-4-6-14(12)22-21-15/h7-9,12,14H,1-6H2/t12-,14+/m1/s1. The molecule has 1 aliphatic carbocycles. The number of fused-ring (bicyclic) bond motifs is 1. The Kier molecular flexibility index (Phi) is 4.10. The van der Waals surface area contributed by atoms with Crippen LogP contribution < -0.4 is 0 Å². The second kappa shape index (κ2) is 5.89. The molecule has 120 valence electrons. The van der Waals surface area contributed by atoms with Crippen LogP contribution in [0.25, 0.3) is 0 Å². The third-order valence-electron chi connectivity index (χ3n) is 4.40. The SMILES string of the molecule is Fc1ccc(C2=NO[C@H]3CCCCCC[C@@H]23)c(C(F)(F)F)c1. The molecule has 1 aliphatic heterocycles. The quantitative estimate of drug-likeness (QED) is 0.674. The molecular formula is C16H17F4NO. The van der Waals surface area contributed by atoms with Crippen LogP contribution in [0.4, 0.5) is 17.6 Å². The maximum Gasteiger partial charge on any atom is 0.417 e. The zero-order chi connectivity index (χ0) is 15.7. The molecular weight excluding hydrogens is 298 g/mol. The molecule has 6 heteroatoms. The second-order valence-electron chi connectivity index (χ2n) is 5.91. The number of nitrogens with zero attached hydrogens (tertiary/aromatic N) is 1. The molecule has 0 unspecified atom stereocenters. The van der Waals surface area contributed by atoms with Crippen molar-refractivity contribution in [3.05, 3.63) is 35.1 Å². The minimum atomic E-state index is -4.61. The van der Waals surface area contributed by atoms with Gasteiger partial charge in [0.05, 0.1) is 11.3 Å². The predicted octanol–water partition coefficient (Wildman–Crippen LogP) is 4.92. The van der Waals surface area contributed by atoms with Crippen LogP contribution in [0.2, 0.25) is 0 Å². The largest absolute Gasteiger partial charge is 0.417 e. The van der Waals surface area contributed by atoms with E-state index in [0.29, 0.717) is 11.8 Å². The number of benzene rings is 1.